The second-order valence-corrected chi connectivity index (χ2v) is 8.89. The number of carbonyl (C=O) groups excluding carboxylic acids is 4. The van der Waals surface area contributed by atoms with Crippen LogP contribution in [0.25, 0.3) is 0 Å². The van der Waals surface area contributed by atoms with Gasteiger partial charge in [-0.25, -0.2) is 4.90 Å². The fourth-order valence-corrected chi connectivity index (χ4v) is 4.73. The Bertz CT molecular complexity index is 1320. The Balaban J connectivity index is 1.28. The quantitative estimate of drug-likeness (QED) is 0.317. The third-order valence-electron chi connectivity index (χ3n) is 6.66. The molecule has 3 aromatic carbocycles. The number of likely N-dealkylation sites (tertiary alicyclic amines) is 1. The predicted octanol–water partition coefficient (Wildman–Crippen LogP) is 4.31. The Morgan fingerprint density at radius 1 is 0.914 bits per heavy atom. The van der Waals surface area contributed by atoms with Gasteiger partial charge in [-0.1, -0.05) is 42.5 Å². The van der Waals surface area contributed by atoms with Crippen molar-refractivity contribution in [3.05, 3.63) is 95.1 Å². The summed E-state index contributed by atoms with van der Waals surface area (Å²) in [5.41, 5.74) is 2.80. The number of carbonyl (C=O) groups is 4. The van der Waals surface area contributed by atoms with Gasteiger partial charge in [0.05, 0.1) is 28.8 Å². The zero-order chi connectivity index (χ0) is 24.7. The van der Waals surface area contributed by atoms with E-state index in [4.69, 9.17) is 4.74 Å². The van der Waals surface area contributed by atoms with Gasteiger partial charge in [0.15, 0.2) is 0 Å². The number of rotatable bonds is 5. The number of aryl methyl sites for hydroxylation is 1. The number of hydrogen-bond acceptors (Lipinski definition) is 5. The molecule has 2 heterocycles. The molecule has 1 fully saturated rings. The molecule has 5 rings (SSSR count). The van der Waals surface area contributed by atoms with Crippen LogP contribution >= 0.6 is 0 Å². The molecule has 0 spiro atoms. The molecule has 0 N–H and O–H groups in total. The Morgan fingerprint density at radius 2 is 1.54 bits per heavy atom. The van der Waals surface area contributed by atoms with E-state index in [1.54, 1.807) is 54.3 Å². The normalized spacial score (nSPS) is 18.1. The van der Waals surface area contributed by atoms with Crippen LogP contribution in [-0.2, 0) is 9.59 Å². The van der Waals surface area contributed by atoms with E-state index >= 15 is 0 Å². The minimum Gasteiger partial charge on any atom is -0.426 e. The fourth-order valence-electron chi connectivity index (χ4n) is 4.73. The van der Waals surface area contributed by atoms with Gasteiger partial charge in [-0.3, -0.25) is 19.2 Å². The molecule has 7 heteroatoms. The summed E-state index contributed by atoms with van der Waals surface area (Å²) in [5, 5.41) is 0. The van der Waals surface area contributed by atoms with Crippen molar-refractivity contribution in [3.63, 3.8) is 0 Å². The molecule has 0 aromatic heterocycles. The van der Waals surface area contributed by atoms with Crippen molar-refractivity contribution in [1.82, 2.24) is 4.90 Å². The number of imide groups is 1. The van der Waals surface area contributed by atoms with E-state index in [1.807, 2.05) is 37.3 Å². The SMILES string of the molecule is Cc1cc(OC(=O)[C@H]2CC(=O)N([C@H](C)c3ccccc3)C2)ccc1N1C(=O)c2ccccc2C1=O. The van der Waals surface area contributed by atoms with Gasteiger partial charge in [0.2, 0.25) is 5.91 Å². The first-order valence-electron chi connectivity index (χ1n) is 11.5. The molecule has 0 aliphatic carbocycles. The van der Waals surface area contributed by atoms with Crippen molar-refractivity contribution in [2.75, 3.05) is 11.4 Å². The van der Waals surface area contributed by atoms with Crippen molar-refractivity contribution in [2.45, 2.75) is 26.3 Å². The molecule has 2 aliphatic heterocycles. The smallest absolute Gasteiger partial charge is 0.316 e. The van der Waals surface area contributed by atoms with Gasteiger partial charge < -0.3 is 9.64 Å². The van der Waals surface area contributed by atoms with Crippen molar-refractivity contribution in [1.29, 1.82) is 0 Å². The molecule has 176 valence electrons. The monoisotopic (exact) mass is 468 g/mol. The average Bonchev–Trinajstić information content (AvgIpc) is 3.37. The first kappa shape index (κ1) is 22.5. The van der Waals surface area contributed by atoms with Crippen LogP contribution in [0, 0.1) is 12.8 Å². The van der Waals surface area contributed by atoms with Gasteiger partial charge in [-0.05, 0) is 55.3 Å². The maximum Gasteiger partial charge on any atom is 0.316 e. The first-order chi connectivity index (χ1) is 16.8. The lowest BCUT2D eigenvalue weighted by Gasteiger charge is -2.25. The van der Waals surface area contributed by atoms with Crippen molar-refractivity contribution in [2.24, 2.45) is 5.92 Å². The lowest BCUT2D eigenvalue weighted by atomic mass is 10.1. The van der Waals surface area contributed by atoms with Crippen molar-refractivity contribution in [3.8, 4) is 5.75 Å². The number of ether oxygens (including phenoxy) is 1. The van der Waals surface area contributed by atoms with Gasteiger partial charge in [-0.2, -0.15) is 0 Å². The highest BCUT2D eigenvalue weighted by Gasteiger charge is 2.39. The number of nitrogens with zero attached hydrogens (tertiary/aromatic N) is 2. The highest BCUT2D eigenvalue weighted by Crippen LogP contribution is 2.33. The summed E-state index contributed by atoms with van der Waals surface area (Å²) in [7, 11) is 0. The van der Waals surface area contributed by atoms with Gasteiger partial charge in [0, 0.05) is 13.0 Å². The summed E-state index contributed by atoms with van der Waals surface area (Å²) in [6.07, 6.45) is 0.0993. The van der Waals surface area contributed by atoms with E-state index in [2.05, 4.69) is 0 Å². The van der Waals surface area contributed by atoms with Crippen LogP contribution in [0.3, 0.4) is 0 Å². The molecular formula is C28H24N2O5. The Labute approximate surface area is 202 Å². The molecule has 7 nitrogen and oxygen atoms in total. The lowest BCUT2D eigenvalue weighted by molar-refractivity contribution is -0.139. The molecule has 35 heavy (non-hydrogen) atoms. The van der Waals surface area contributed by atoms with Crippen LogP contribution in [0.4, 0.5) is 5.69 Å². The highest BCUT2D eigenvalue weighted by molar-refractivity contribution is 6.34. The van der Waals surface area contributed by atoms with E-state index in [9.17, 15) is 19.2 Å². The van der Waals surface area contributed by atoms with Gasteiger partial charge in [-0.15, -0.1) is 0 Å². The minimum absolute atomic E-state index is 0.0829. The zero-order valence-electron chi connectivity index (χ0n) is 19.4. The number of amides is 3. The number of fused-ring (bicyclic) bond motifs is 1. The van der Waals surface area contributed by atoms with Gasteiger partial charge in [0.1, 0.15) is 5.75 Å². The van der Waals surface area contributed by atoms with Crippen LogP contribution in [-0.4, -0.2) is 35.1 Å². The van der Waals surface area contributed by atoms with Crippen molar-refractivity contribution >= 4 is 29.4 Å². The molecule has 2 atom stereocenters. The van der Waals surface area contributed by atoms with Crippen LogP contribution in [0.1, 0.15) is 51.2 Å². The molecule has 2 aliphatic rings. The molecule has 3 amide bonds. The number of benzene rings is 3. The van der Waals surface area contributed by atoms with Crippen LogP contribution in [0.15, 0.2) is 72.8 Å². The van der Waals surface area contributed by atoms with E-state index in [-0.39, 0.29) is 30.2 Å². The molecule has 0 unspecified atom stereocenters. The van der Waals surface area contributed by atoms with Crippen molar-refractivity contribution < 1.29 is 23.9 Å². The van der Waals surface area contributed by atoms with E-state index in [0.717, 1.165) is 10.5 Å². The summed E-state index contributed by atoms with van der Waals surface area (Å²) < 4.78 is 5.59. The molecule has 1 saturated heterocycles. The average molecular weight is 469 g/mol. The second-order valence-electron chi connectivity index (χ2n) is 8.89. The number of esters is 1. The standard InChI is InChI=1S/C28H24N2O5/c1-17-14-21(12-13-24(17)30-26(32)22-10-6-7-11-23(22)27(30)33)35-28(34)20-15-25(31)29(16-20)18(2)19-8-4-3-5-9-19/h3-14,18,20H,15-16H2,1-2H3/t18-,20+/m1/s1. The van der Waals surface area contributed by atoms with Crippen LogP contribution in [0.5, 0.6) is 5.75 Å². The molecule has 0 bridgehead atoms. The molecule has 0 saturated carbocycles. The maximum absolute atomic E-state index is 12.9. The fraction of sp³-hybridized carbons (Fsp3) is 0.214. The third-order valence-corrected chi connectivity index (χ3v) is 6.66. The highest BCUT2D eigenvalue weighted by atomic mass is 16.5. The molecule has 3 aromatic rings. The summed E-state index contributed by atoms with van der Waals surface area (Å²) in [5.74, 6) is -1.58. The second kappa shape index (κ2) is 8.83. The minimum atomic E-state index is -0.565. The molecular weight excluding hydrogens is 444 g/mol. The zero-order valence-corrected chi connectivity index (χ0v) is 19.4. The van der Waals surface area contributed by atoms with Gasteiger partial charge >= 0.3 is 5.97 Å². The third kappa shape index (κ3) is 3.99. The summed E-state index contributed by atoms with van der Waals surface area (Å²) in [6.45, 7) is 3.99. The number of anilines is 1. The first-order valence-corrected chi connectivity index (χ1v) is 11.5. The van der Waals surface area contributed by atoms with Crippen LogP contribution < -0.4 is 9.64 Å². The Morgan fingerprint density at radius 3 is 2.17 bits per heavy atom. The van der Waals surface area contributed by atoms with E-state index in [0.29, 0.717) is 34.7 Å². The van der Waals surface area contributed by atoms with Gasteiger partial charge in [0.25, 0.3) is 11.8 Å². The molecule has 0 radical (unpaired) electrons. The van der Waals surface area contributed by atoms with E-state index < -0.39 is 11.9 Å². The maximum atomic E-state index is 12.9. The lowest BCUT2D eigenvalue weighted by Crippen LogP contribution is -2.30. The Hall–Kier alpha value is -4.26. The summed E-state index contributed by atoms with van der Waals surface area (Å²) >= 11 is 0. The topological polar surface area (TPSA) is 84.0 Å². The van der Waals surface area contributed by atoms with Crippen LogP contribution in [0.2, 0.25) is 0 Å². The Kier molecular flexibility index (Phi) is 5.68. The van der Waals surface area contributed by atoms with E-state index in [1.165, 1.54) is 0 Å². The largest absolute Gasteiger partial charge is 0.426 e. The predicted molar refractivity (Wildman–Crippen MR) is 129 cm³/mol. The summed E-state index contributed by atoms with van der Waals surface area (Å²) in [6, 6.07) is 21.0. The summed E-state index contributed by atoms with van der Waals surface area (Å²) in [4.78, 5) is 53.9. The number of hydrogen-bond donors (Lipinski definition) is 0.